The van der Waals surface area contributed by atoms with E-state index in [1.165, 1.54) is 6.07 Å². The van der Waals surface area contributed by atoms with E-state index in [-0.39, 0.29) is 17.9 Å². The summed E-state index contributed by atoms with van der Waals surface area (Å²) >= 11 is 3.24. The van der Waals surface area contributed by atoms with Crippen LogP contribution in [-0.4, -0.2) is 23.8 Å². The van der Waals surface area contributed by atoms with Gasteiger partial charge in [-0.1, -0.05) is 15.9 Å². The second-order valence-electron chi connectivity index (χ2n) is 6.62. The molecule has 0 radical (unpaired) electrons. The van der Waals surface area contributed by atoms with E-state index >= 15 is 0 Å². The molecule has 1 aliphatic carbocycles. The average molecular weight is 373 g/mol. The number of ether oxygens (including phenoxy) is 1. The van der Waals surface area contributed by atoms with E-state index in [9.17, 15) is 9.18 Å². The standard InChI is InChI=1S/C16H22BrFN2O2/c1-16(2,3)22-15(21)20-12-6-5-11(9-12)19-14-7-4-10(17)8-13(14)18/h4,7-8,11-12,19H,5-6,9H2,1-3H3,(H,20,21). The smallest absolute Gasteiger partial charge is 0.407 e. The predicted octanol–water partition coefficient (Wildman–Crippen LogP) is 4.45. The summed E-state index contributed by atoms with van der Waals surface area (Å²) in [6, 6.07) is 5.17. The van der Waals surface area contributed by atoms with Crippen LogP contribution in [0.2, 0.25) is 0 Å². The van der Waals surface area contributed by atoms with Crippen LogP contribution in [-0.2, 0) is 4.74 Å². The molecule has 1 aromatic carbocycles. The van der Waals surface area contributed by atoms with Crippen molar-refractivity contribution in [2.45, 2.75) is 57.7 Å². The van der Waals surface area contributed by atoms with Crippen LogP contribution in [0.4, 0.5) is 14.9 Å². The Kier molecular flexibility index (Phi) is 5.32. The topological polar surface area (TPSA) is 50.4 Å². The lowest BCUT2D eigenvalue weighted by atomic mass is 10.2. The van der Waals surface area contributed by atoms with Crippen LogP contribution in [0.1, 0.15) is 40.0 Å². The molecule has 0 spiro atoms. The molecule has 1 aliphatic rings. The first-order valence-corrected chi connectivity index (χ1v) is 8.23. The fourth-order valence-electron chi connectivity index (χ4n) is 2.54. The van der Waals surface area contributed by atoms with Crippen molar-refractivity contribution in [1.29, 1.82) is 0 Å². The highest BCUT2D eigenvalue weighted by atomic mass is 79.9. The number of hydrogen-bond donors (Lipinski definition) is 2. The van der Waals surface area contributed by atoms with E-state index < -0.39 is 11.7 Å². The third kappa shape index (κ3) is 5.16. The largest absolute Gasteiger partial charge is 0.444 e. The number of carbonyl (C=O) groups is 1. The molecule has 6 heteroatoms. The Morgan fingerprint density at radius 2 is 2.00 bits per heavy atom. The summed E-state index contributed by atoms with van der Waals surface area (Å²) in [7, 11) is 0. The van der Waals surface area contributed by atoms with E-state index in [0.29, 0.717) is 10.2 Å². The molecule has 0 saturated heterocycles. The number of nitrogens with one attached hydrogen (secondary N) is 2. The lowest BCUT2D eigenvalue weighted by Crippen LogP contribution is -2.38. The van der Waals surface area contributed by atoms with Gasteiger partial charge in [-0.05, 0) is 58.2 Å². The molecule has 2 rings (SSSR count). The second-order valence-corrected chi connectivity index (χ2v) is 7.54. The first-order chi connectivity index (χ1) is 10.2. The van der Waals surface area contributed by atoms with Crippen molar-refractivity contribution in [3.05, 3.63) is 28.5 Å². The fourth-order valence-corrected chi connectivity index (χ4v) is 2.88. The molecular formula is C16H22BrFN2O2. The van der Waals surface area contributed by atoms with Gasteiger partial charge in [0.25, 0.3) is 0 Å². The molecule has 4 nitrogen and oxygen atoms in total. The minimum atomic E-state index is -0.499. The molecule has 2 unspecified atom stereocenters. The molecule has 1 aromatic rings. The lowest BCUT2D eigenvalue weighted by molar-refractivity contribution is 0.0505. The summed E-state index contributed by atoms with van der Waals surface area (Å²) < 4.78 is 19.8. The maximum absolute atomic E-state index is 13.8. The molecule has 2 atom stereocenters. The summed E-state index contributed by atoms with van der Waals surface area (Å²) in [6.07, 6.45) is 2.10. The molecule has 1 amide bonds. The third-order valence-electron chi connectivity index (χ3n) is 3.44. The predicted molar refractivity (Wildman–Crippen MR) is 88.5 cm³/mol. The van der Waals surface area contributed by atoms with Gasteiger partial charge in [-0.3, -0.25) is 0 Å². The van der Waals surface area contributed by atoms with Crippen LogP contribution < -0.4 is 10.6 Å². The molecule has 122 valence electrons. The van der Waals surface area contributed by atoms with Crippen LogP contribution in [0.5, 0.6) is 0 Å². The van der Waals surface area contributed by atoms with Gasteiger partial charge in [-0.15, -0.1) is 0 Å². The van der Waals surface area contributed by atoms with Crippen LogP contribution in [0.3, 0.4) is 0 Å². The van der Waals surface area contributed by atoms with E-state index in [1.54, 1.807) is 12.1 Å². The zero-order valence-electron chi connectivity index (χ0n) is 13.1. The summed E-state index contributed by atoms with van der Waals surface area (Å²) in [4.78, 5) is 11.8. The summed E-state index contributed by atoms with van der Waals surface area (Å²) in [5.41, 5.74) is -0.00734. The molecule has 0 aromatic heterocycles. The quantitative estimate of drug-likeness (QED) is 0.823. The van der Waals surface area contributed by atoms with Crippen molar-refractivity contribution in [3.63, 3.8) is 0 Å². The Labute approximate surface area is 138 Å². The van der Waals surface area contributed by atoms with Crippen LogP contribution in [0, 0.1) is 5.82 Å². The second kappa shape index (κ2) is 6.86. The summed E-state index contributed by atoms with van der Waals surface area (Å²) in [6.45, 7) is 5.51. The van der Waals surface area contributed by atoms with E-state index in [2.05, 4.69) is 26.6 Å². The summed E-state index contributed by atoms with van der Waals surface area (Å²) in [5.74, 6) is -0.280. The third-order valence-corrected chi connectivity index (χ3v) is 3.94. The van der Waals surface area contributed by atoms with Crippen LogP contribution >= 0.6 is 15.9 Å². The van der Waals surface area contributed by atoms with Gasteiger partial charge in [0, 0.05) is 16.6 Å². The maximum Gasteiger partial charge on any atom is 0.407 e. The first kappa shape index (κ1) is 17.1. The number of halogens is 2. The van der Waals surface area contributed by atoms with Gasteiger partial charge in [0.15, 0.2) is 0 Å². The highest BCUT2D eigenvalue weighted by Gasteiger charge is 2.28. The number of carbonyl (C=O) groups excluding carboxylic acids is 1. The van der Waals surface area contributed by atoms with Gasteiger partial charge < -0.3 is 15.4 Å². The Bertz CT molecular complexity index is 545. The SMILES string of the molecule is CC(C)(C)OC(=O)NC1CCC(Nc2ccc(Br)cc2F)C1. The van der Waals surface area contributed by atoms with E-state index in [4.69, 9.17) is 4.74 Å². The van der Waals surface area contributed by atoms with Crippen LogP contribution in [0.15, 0.2) is 22.7 Å². The highest BCUT2D eigenvalue weighted by Crippen LogP contribution is 2.26. The van der Waals surface area contributed by atoms with Crippen molar-refractivity contribution in [2.75, 3.05) is 5.32 Å². The molecular weight excluding hydrogens is 351 g/mol. The summed E-state index contributed by atoms with van der Waals surface area (Å²) in [5, 5.41) is 6.07. The fraction of sp³-hybridized carbons (Fsp3) is 0.562. The minimum Gasteiger partial charge on any atom is -0.444 e. The molecule has 2 N–H and O–H groups in total. The van der Waals surface area contributed by atoms with Gasteiger partial charge in [0.2, 0.25) is 0 Å². The van der Waals surface area contributed by atoms with Gasteiger partial charge in [0.05, 0.1) is 5.69 Å². The van der Waals surface area contributed by atoms with Gasteiger partial charge in [-0.25, -0.2) is 9.18 Å². The van der Waals surface area contributed by atoms with Crippen molar-refractivity contribution in [2.24, 2.45) is 0 Å². The van der Waals surface area contributed by atoms with Crippen molar-refractivity contribution < 1.29 is 13.9 Å². The maximum atomic E-state index is 13.8. The van der Waals surface area contributed by atoms with Gasteiger partial charge in [-0.2, -0.15) is 0 Å². The zero-order chi connectivity index (χ0) is 16.3. The van der Waals surface area contributed by atoms with E-state index in [1.807, 2.05) is 20.8 Å². The average Bonchev–Trinajstić information content (AvgIpc) is 2.77. The molecule has 1 saturated carbocycles. The molecule has 22 heavy (non-hydrogen) atoms. The normalized spacial score (nSPS) is 21.5. The van der Waals surface area contributed by atoms with Crippen LogP contribution in [0.25, 0.3) is 0 Å². The first-order valence-electron chi connectivity index (χ1n) is 7.44. The highest BCUT2D eigenvalue weighted by molar-refractivity contribution is 9.10. The minimum absolute atomic E-state index is 0.0610. The van der Waals surface area contributed by atoms with Crippen molar-refractivity contribution in [3.8, 4) is 0 Å². The van der Waals surface area contributed by atoms with E-state index in [0.717, 1.165) is 19.3 Å². The molecule has 0 heterocycles. The number of rotatable bonds is 3. The number of benzene rings is 1. The number of alkyl carbamates (subject to hydrolysis) is 1. The monoisotopic (exact) mass is 372 g/mol. The molecule has 0 aliphatic heterocycles. The molecule has 0 bridgehead atoms. The Balaban J connectivity index is 1.84. The lowest BCUT2D eigenvalue weighted by Gasteiger charge is -2.22. The zero-order valence-corrected chi connectivity index (χ0v) is 14.7. The Morgan fingerprint density at radius 3 is 2.64 bits per heavy atom. The van der Waals surface area contributed by atoms with Gasteiger partial charge in [0.1, 0.15) is 11.4 Å². The molecule has 1 fully saturated rings. The van der Waals surface area contributed by atoms with Crippen molar-refractivity contribution in [1.82, 2.24) is 5.32 Å². The Hall–Kier alpha value is -1.30. The number of anilines is 1. The number of hydrogen-bond acceptors (Lipinski definition) is 3. The van der Waals surface area contributed by atoms with Gasteiger partial charge >= 0.3 is 6.09 Å². The Morgan fingerprint density at radius 1 is 1.32 bits per heavy atom. The van der Waals surface area contributed by atoms with Crippen molar-refractivity contribution >= 4 is 27.7 Å². The number of amides is 1.